The molecule has 1 aliphatic heterocycles. The minimum atomic E-state index is -1.10. The van der Waals surface area contributed by atoms with Crippen LogP contribution in [0.4, 0.5) is 11.4 Å². The average Bonchev–Trinajstić information content (AvgIpc) is 3.09. The molecule has 7 nitrogen and oxygen atoms in total. The van der Waals surface area contributed by atoms with E-state index in [0.29, 0.717) is 23.7 Å². The summed E-state index contributed by atoms with van der Waals surface area (Å²) in [7, 11) is 0. The maximum atomic E-state index is 12.8. The molecule has 0 aliphatic carbocycles. The summed E-state index contributed by atoms with van der Waals surface area (Å²) in [6.07, 6.45) is 0. The first-order valence-electron chi connectivity index (χ1n) is 9.36. The van der Waals surface area contributed by atoms with Gasteiger partial charge in [0.1, 0.15) is 12.1 Å². The van der Waals surface area contributed by atoms with E-state index in [2.05, 4.69) is 10.6 Å². The molecule has 0 saturated carbocycles. The Bertz CT molecular complexity index is 951. The first-order chi connectivity index (χ1) is 13.7. The fourth-order valence-corrected chi connectivity index (χ4v) is 3.82. The molecule has 1 aromatic carbocycles. The molecule has 0 bridgehead atoms. The Labute approximate surface area is 174 Å². The summed E-state index contributed by atoms with van der Waals surface area (Å²) in [6, 6.07) is 9.00. The predicted octanol–water partition coefficient (Wildman–Crippen LogP) is 2.88. The maximum Gasteiger partial charge on any atom is 0.262 e. The zero-order valence-corrected chi connectivity index (χ0v) is 17.8. The van der Waals surface area contributed by atoms with Crippen LogP contribution in [0.25, 0.3) is 0 Å². The number of ether oxygens (including phenoxy) is 1. The molecular weight excluding hydrogens is 390 g/mol. The topological polar surface area (TPSA) is 87.7 Å². The van der Waals surface area contributed by atoms with Crippen molar-refractivity contribution in [3.8, 4) is 0 Å². The van der Waals surface area contributed by atoms with Gasteiger partial charge in [-0.15, -0.1) is 11.3 Å². The van der Waals surface area contributed by atoms with Crippen LogP contribution in [-0.4, -0.2) is 43.0 Å². The second-order valence-corrected chi connectivity index (χ2v) is 8.83. The van der Waals surface area contributed by atoms with Gasteiger partial charge in [-0.05, 0) is 63.6 Å². The van der Waals surface area contributed by atoms with Crippen LogP contribution in [-0.2, 0) is 14.3 Å². The summed E-state index contributed by atoms with van der Waals surface area (Å²) in [4.78, 5) is 40.5. The van der Waals surface area contributed by atoms with Crippen LogP contribution in [0.1, 0.15) is 34.0 Å². The van der Waals surface area contributed by atoms with E-state index < -0.39 is 5.54 Å². The highest BCUT2D eigenvalue weighted by atomic mass is 32.1. The molecule has 0 atom stereocenters. The number of hydrogen-bond acceptors (Lipinski definition) is 5. The van der Waals surface area contributed by atoms with E-state index >= 15 is 0 Å². The molecule has 3 rings (SSSR count). The third kappa shape index (κ3) is 4.83. The number of benzene rings is 1. The first-order valence-corrected chi connectivity index (χ1v) is 10.2. The summed E-state index contributed by atoms with van der Waals surface area (Å²) in [6.45, 7) is 8.22. The van der Waals surface area contributed by atoms with Gasteiger partial charge in [0.2, 0.25) is 5.91 Å². The number of aryl methyl sites for hydroxylation is 2. The Morgan fingerprint density at radius 1 is 1.17 bits per heavy atom. The third-order valence-electron chi connectivity index (χ3n) is 4.69. The second kappa shape index (κ2) is 8.34. The molecule has 2 aromatic rings. The van der Waals surface area contributed by atoms with Crippen molar-refractivity contribution < 1.29 is 19.1 Å². The number of morpholine rings is 1. The van der Waals surface area contributed by atoms with E-state index in [9.17, 15) is 14.4 Å². The van der Waals surface area contributed by atoms with Gasteiger partial charge in [-0.3, -0.25) is 14.4 Å². The van der Waals surface area contributed by atoms with E-state index in [1.807, 2.05) is 32.0 Å². The summed E-state index contributed by atoms with van der Waals surface area (Å²) in [5.74, 6) is -0.682. The molecule has 2 heterocycles. The van der Waals surface area contributed by atoms with Gasteiger partial charge < -0.3 is 20.3 Å². The summed E-state index contributed by atoms with van der Waals surface area (Å²) in [5.41, 5.74) is 1.18. The van der Waals surface area contributed by atoms with E-state index in [1.165, 1.54) is 11.3 Å². The van der Waals surface area contributed by atoms with Gasteiger partial charge in [0, 0.05) is 22.8 Å². The number of thiophene rings is 1. The zero-order chi connectivity index (χ0) is 21.2. The maximum absolute atomic E-state index is 12.8. The monoisotopic (exact) mass is 415 g/mol. The Kier molecular flexibility index (Phi) is 6.04. The fraction of sp³-hybridized carbons (Fsp3) is 0.381. The largest absolute Gasteiger partial charge is 0.370 e. The fourth-order valence-electron chi connectivity index (χ4n) is 3.05. The second-order valence-electron chi connectivity index (χ2n) is 7.54. The molecule has 0 unspecified atom stereocenters. The van der Waals surface area contributed by atoms with Crippen molar-refractivity contribution in [3.63, 3.8) is 0 Å². The minimum Gasteiger partial charge on any atom is -0.370 e. The highest BCUT2D eigenvalue weighted by Gasteiger charge is 2.30. The molecule has 1 aliphatic rings. The lowest BCUT2D eigenvalue weighted by Crippen LogP contribution is -2.52. The summed E-state index contributed by atoms with van der Waals surface area (Å²) >= 11 is 1.38. The van der Waals surface area contributed by atoms with Gasteiger partial charge in [0.05, 0.1) is 11.5 Å². The van der Waals surface area contributed by atoms with E-state index in [-0.39, 0.29) is 24.3 Å². The number of rotatable bonds is 5. The van der Waals surface area contributed by atoms with Gasteiger partial charge in [0.15, 0.2) is 0 Å². The van der Waals surface area contributed by atoms with Gasteiger partial charge in [0.25, 0.3) is 11.8 Å². The van der Waals surface area contributed by atoms with Crippen molar-refractivity contribution >= 4 is 40.4 Å². The Morgan fingerprint density at radius 3 is 2.55 bits per heavy atom. The van der Waals surface area contributed by atoms with E-state index in [0.717, 1.165) is 16.1 Å². The zero-order valence-electron chi connectivity index (χ0n) is 17.0. The standard InChI is InChI=1S/C21H25N3O4S/c1-13-11-15(6-7-16(13)24-9-10-28-12-18(24)25)22-20(27)21(3,4)23-19(26)17-8-5-14(2)29-17/h5-8,11H,9-10,12H2,1-4H3,(H,22,27)(H,23,26). The Morgan fingerprint density at radius 2 is 1.93 bits per heavy atom. The number of nitrogens with one attached hydrogen (secondary N) is 2. The molecule has 154 valence electrons. The molecule has 29 heavy (non-hydrogen) atoms. The van der Waals surface area contributed by atoms with Crippen molar-refractivity contribution in [2.75, 3.05) is 30.0 Å². The normalized spacial score (nSPS) is 14.6. The number of hydrogen-bond donors (Lipinski definition) is 2. The van der Waals surface area contributed by atoms with Gasteiger partial charge in [-0.25, -0.2) is 0 Å². The van der Waals surface area contributed by atoms with Crippen LogP contribution in [0.15, 0.2) is 30.3 Å². The Hall–Kier alpha value is -2.71. The van der Waals surface area contributed by atoms with Crippen LogP contribution >= 0.6 is 11.3 Å². The van der Waals surface area contributed by atoms with E-state index in [4.69, 9.17) is 4.74 Å². The van der Waals surface area contributed by atoms with Gasteiger partial charge >= 0.3 is 0 Å². The molecular formula is C21H25N3O4S. The molecule has 2 N–H and O–H groups in total. The highest BCUT2D eigenvalue weighted by molar-refractivity contribution is 7.13. The number of carbonyl (C=O) groups is 3. The highest BCUT2D eigenvalue weighted by Crippen LogP contribution is 2.25. The van der Waals surface area contributed by atoms with Crippen LogP contribution in [0.3, 0.4) is 0 Å². The van der Waals surface area contributed by atoms with Gasteiger partial charge in [-0.1, -0.05) is 0 Å². The number of anilines is 2. The summed E-state index contributed by atoms with van der Waals surface area (Å²) < 4.78 is 5.17. The van der Waals surface area contributed by atoms with Crippen molar-refractivity contribution in [1.82, 2.24) is 5.32 Å². The molecule has 8 heteroatoms. The first kappa shape index (κ1) is 21.0. The lowest BCUT2D eigenvalue weighted by molar-refractivity contribution is -0.125. The number of amides is 3. The third-order valence-corrected chi connectivity index (χ3v) is 5.69. The molecule has 1 saturated heterocycles. The number of nitrogens with zero attached hydrogens (tertiary/aromatic N) is 1. The van der Waals surface area contributed by atoms with E-state index in [1.54, 1.807) is 30.9 Å². The quantitative estimate of drug-likeness (QED) is 0.786. The lowest BCUT2D eigenvalue weighted by atomic mass is 10.0. The smallest absolute Gasteiger partial charge is 0.262 e. The van der Waals surface area contributed by atoms with Crippen molar-refractivity contribution in [2.45, 2.75) is 33.2 Å². The SMILES string of the molecule is Cc1ccc(C(=O)NC(C)(C)C(=O)Nc2ccc(N3CCOCC3=O)c(C)c2)s1. The van der Waals surface area contributed by atoms with Crippen molar-refractivity contribution in [1.29, 1.82) is 0 Å². The van der Waals surface area contributed by atoms with Crippen LogP contribution < -0.4 is 15.5 Å². The van der Waals surface area contributed by atoms with Crippen molar-refractivity contribution in [2.24, 2.45) is 0 Å². The lowest BCUT2D eigenvalue weighted by Gasteiger charge is -2.29. The van der Waals surface area contributed by atoms with Crippen LogP contribution in [0.5, 0.6) is 0 Å². The molecule has 3 amide bonds. The average molecular weight is 416 g/mol. The van der Waals surface area contributed by atoms with Gasteiger partial charge in [-0.2, -0.15) is 0 Å². The van der Waals surface area contributed by atoms with Crippen LogP contribution in [0.2, 0.25) is 0 Å². The summed E-state index contributed by atoms with van der Waals surface area (Å²) in [5, 5.41) is 5.63. The van der Waals surface area contributed by atoms with Crippen molar-refractivity contribution in [3.05, 3.63) is 45.6 Å². The molecule has 0 radical (unpaired) electrons. The minimum absolute atomic E-state index is 0.0789. The molecule has 0 spiro atoms. The molecule has 1 aromatic heterocycles. The molecule has 1 fully saturated rings. The Balaban J connectivity index is 1.68. The van der Waals surface area contributed by atoms with Crippen LogP contribution in [0, 0.1) is 13.8 Å². The number of carbonyl (C=O) groups excluding carboxylic acids is 3. The predicted molar refractivity (Wildman–Crippen MR) is 114 cm³/mol.